The van der Waals surface area contributed by atoms with Crippen molar-refractivity contribution in [2.75, 3.05) is 38.5 Å². The fraction of sp³-hybridized carbons (Fsp3) is 0.263. The van der Waals surface area contributed by atoms with E-state index in [0.29, 0.717) is 29.8 Å². The van der Waals surface area contributed by atoms with E-state index < -0.39 is 0 Å². The Hall–Kier alpha value is -3.22. The van der Waals surface area contributed by atoms with Crippen molar-refractivity contribution in [3.05, 3.63) is 48.4 Å². The van der Waals surface area contributed by atoms with Gasteiger partial charge in [-0.05, 0) is 42.5 Å². The molecule has 1 aromatic heterocycles. The Morgan fingerprint density at radius 3 is 2.35 bits per heavy atom. The van der Waals surface area contributed by atoms with Crippen molar-refractivity contribution in [2.24, 2.45) is 0 Å². The van der Waals surface area contributed by atoms with E-state index in [-0.39, 0.29) is 0 Å². The van der Waals surface area contributed by atoms with Crippen LogP contribution in [0.25, 0.3) is 11.5 Å². The molecule has 0 saturated carbocycles. The average Bonchev–Trinajstić information content (AvgIpc) is 3.15. The minimum absolute atomic E-state index is 0.436. The second-order valence-electron chi connectivity index (χ2n) is 5.87. The number of methoxy groups -OCH3 is 2. The number of hydrogen-bond acceptors (Lipinski definition) is 7. The van der Waals surface area contributed by atoms with Crippen LogP contribution in [0.2, 0.25) is 0 Å². The molecule has 0 radical (unpaired) electrons. The maximum absolute atomic E-state index is 5.74. The van der Waals surface area contributed by atoms with Crippen LogP contribution in [0.15, 0.2) is 46.9 Å². The first kappa shape index (κ1) is 17.6. The molecule has 0 unspecified atom stereocenters. The van der Waals surface area contributed by atoms with E-state index in [1.165, 1.54) is 0 Å². The number of ether oxygens (including phenoxy) is 2. The third-order valence-corrected chi connectivity index (χ3v) is 3.92. The molecule has 136 valence electrons. The van der Waals surface area contributed by atoms with Gasteiger partial charge in [0, 0.05) is 31.0 Å². The Labute approximate surface area is 152 Å². The summed E-state index contributed by atoms with van der Waals surface area (Å²) >= 11 is 0. The minimum Gasteiger partial charge on any atom is -0.493 e. The maximum atomic E-state index is 5.74. The number of nitrogens with one attached hydrogen (secondary N) is 1. The summed E-state index contributed by atoms with van der Waals surface area (Å²) in [4.78, 5) is 2.05. The number of nitrogens with zero attached hydrogens (tertiary/aromatic N) is 3. The van der Waals surface area contributed by atoms with E-state index in [9.17, 15) is 0 Å². The van der Waals surface area contributed by atoms with Crippen LogP contribution in [0.1, 0.15) is 5.89 Å². The molecule has 1 heterocycles. The van der Waals surface area contributed by atoms with Gasteiger partial charge in [0.1, 0.15) is 0 Å². The third-order valence-electron chi connectivity index (χ3n) is 3.92. The SMILES string of the molecule is COc1ccc(-c2nnc(CNc3ccc(N(C)C)cc3)o2)cc1OC. The zero-order valence-corrected chi connectivity index (χ0v) is 15.3. The van der Waals surface area contributed by atoms with Gasteiger partial charge < -0.3 is 24.1 Å². The van der Waals surface area contributed by atoms with E-state index in [2.05, 4.69) is 20.4 Å². The molecule has 0 aliphatic carbocycles. The van der Waals surface area contributed by atoms with Gasteiger partial charge in [-0.2, -0.15) is 0 Å². The van der Waals surface area contributed by atoms with Crippen molar-refractivity contribution in [3.63, 3.8) is 0 Å². The predicted octanol–water partition coefficient (Wildman–Crippen LogP) is 3.43. The number of aromatic nitrogens is 2. The third kappa shape index (κ3) is 3.88. The Morgan fingerprint density at radius 2 is 1.69 bits per heavy atom. The predicted molar refractivity (Wildman–Crippen MR) is 101 cm³/mol. The highest BCUT2D eigenvalue weighted by molar-refractivity contribution is 5.59. The summed E-state index contributed by atoms with van der Waals surface area (Å²) in [6.07, 6.45) is 0. The number of benzene rings is 2. The zero-order chi connectivity index (χ0) is 18.5. The summed E-state index contributed by atoms with van der Waals surface area (Å²) in [5, 5.41) is 11.5. The van der Waals surface area contributed by atoms with Gasteiger partial charge in [0.2, 0.25) is 11.8 Å². The van der Waals surface area contributed by atoms with E-state index in [0.717, 1.165) is 16.9 Å². The molecule has 0 amide bonds. The van der Waals surface area contributed by atoms with Gasteiger partial charge >= 0.3 is 0 Å². The van der Waals surface area contributed by atoms with Crippen molar-refractivity contribution in [3.8, 4) is 23.0 Å². The molecule has 2 aromatic carbocycles. The highest BCUT2D eigenvalue weighted by Gasteiger charge is 2.12. The topological polar surface area (TPSA) is 72.7 Å². The highest BCUT2D eigenvalue weighted by atomic mass is 16.5. The van der Waals surface area contributed by atoms with Gasteiger partial charge in [0.15, 0.2) is 11.5 Å². The molecule has 7 heteroatoms. The van der Waals surface area contributed by atoms with Crippen LogP contribution < -0.4 is 19.7 Å². The van der Waals surface area contributed by atoms with Gasteiger partial charge in [-0.1, -0.05) is 0 Å². The molecule has 0 spiro atoms. The lowest BCUT2D eigenvalue weighted by atomic mass is 10.2. The fourth-order valence-corrected chi connectivity index (χ4v) is 2.47. The van der Waals surface area contributed by atoms with Crippen molar-refractivity contribution < 1.29 is 13.9 Å². The van der Waals surface area contributed by atoms with Crippen LogP contribution in [-0.2, 0) is 6.54 Å². The molecular formula is C19H22N4O3. The van der Waals surface area contributed by atoms with Crippen molar-refractivity contribution in [2.45, 2.75) is 6.54 Å². The van der Waals surface area contributed by atoms with Crippen molar-refractivity contribution in [1.29, 1.82) is 0 Å². The maximum Gasteiger partial charge on any atom is 0.247 e. The van der Waals surface area contributed by atoms with Gasteiger partial charge in [0.05, 0.1) is 20.8 Å². The molecule has 3 aromatic rings. The van der Waals surface area contributed by atoms with Crippen LogP contribution in [0.3, 0.4) is 0 Å². The largest absolute Gasteiger partial charge is 0.493 e. The van der Waals surface area contributed by atoms with Gasteiger partial charge in [0.25, 0.3) is 0 Å². The summed E-state index contributed by atoms with van der Waals surface area (Å²) in [5.74, 6) is 2.21. The molecule has 26 heavy (non-hydrogen) atoms. The number of anilines is 2. The normalized spacial score (nSPS) is 10.5. The van der Waals surface area contributed by atoms with Gasteiger partial charge in [-0.15, -0.1) is 10.2 Å². The first-order chi connectivity index (χ1) is 12.6. The number of rotatable bonds is 7. The second-order valence-corrected chi connectivity index (χ2v) is 5.87. The van der Waals surface area contributed by atoms with Crippen LogP contribution in [0.4, 0.5) is 11.4 Å². The van der Waals surface area contributed by atoms with Gasteiger partial charge in [-0.3, -0.25) is 0 Å². The summed E-state index contributed by atoms with van der Waals surface area (Å²) in [7, 11) is 7.21. The minimum atomic E-state index is 0.436. The van der Waals surface area contributed by atoms with Crippen LogP contribution in [-0.4, -0.2) is 38.5 Å². The number of hydrogen-bond donors (Lipinski definition) is 1. The first-order valence-corrected chi connectivity index (χ1v) is 8.16. The molecule has 0 atom stereocenters. The molecule has 3 rings (SSSR count). The molecule has 0 aliphatic heterocycles. The van der Waals surface area contributed by atoms with Crippen molar-refractivity contribution >= 4 is 11.4 Å². The summed E-state index contributed by atoms with van der Waals surface area (Å²) in [5.41, 5.74) is 2.90. The molecule has 0 saturated heterocycles. The smallest absolute Gasteiger partial charge is 0.247 e. The van der Waals surface area contributed by atoms with E-state index in [4.69, 9.17) is 13.9 Å². The lowest BCUT2D eigenvalue weighted by Gasteiger charge is -2.12. The molecule has 1 N–H and O–H groups in total. The average molecular weight is 354 g/mol. The molecule has 7 nitrogen and oxygen atoms in total. The summed E-state index contributed by atoms with van der Waals surface area (Å²) in [6.45, 7) is 0.446. The Kier molecular flexibility index (Phi) is 5.26. The first-order valence-electron chi connectivity index (χ1n) is 8.16. The quantitative estimate of drug-likeness (QED) is 0.697. The Balaban J connectivity index is 1.68. The Bertz CT molecular complexity index is 859. The molecule has 0 fully saturated rings. The monoisotopic (exact) mass is 354 g/mol. The van der Waals surface area contributed by atoms with Crippen LogP contribution >= 0.6 is 0 Å². The Morgan fingerprint density at radius 1 is 0.962 bits per heavy atom. The summed E-state index contributed by atoms with van der Waals surface area (Å²) < 4.78 is 16.3. The zero-order valence-electron chi connectivity index (χ0n) is 15.3. The van der Waals surface area contributed by atoms with Crippen molar-refractivity contribution in [1.82, 2.24) is 10.2 Å². The molecular weight excluding hydrogens is 332 g/mol. The highest BCUT2D eigenvalue weighted by Crippen LogP contribution is 2.31. The summed E-state index contributed by atoms with van der Waals surface area (Å²) in [6, 6.07) is 13.6. The van der Waals surface area contributed by atoms with Crippen LogP contribution in [0, 0.1) is 0 Å². The van der Waals surface area contributed by atoms with E-state index >= 15 is 0 Å². The lowest BCUT2D eigenvalue weighted by molar-refractivity contribution is 0.355. The second kappa shape index (κ2) is 7.77. The molecule has 0 aliphatic rings. The van der Waals surface area contributed by atoms with E-state index in [1.54, 1.807) is 14.2 Å². The van der Waals surface area contributed by atoms with E-state index in [1.807, 2.05) is 56.6 Å². The van der Waals surface area contributed by atoms with Gasteiger partial charge in [-0.25, -0.2) is 0 Å². The molecule has 0 bridgehead atoms. The standard InChI is InChI=1S/C19H22N4O3/c1-23(2)15-8-6-14(7-9-15)20-12-18-21-22-19(26-18)13-5-10-16(24-3)17(11-13)25-4/h5-11,20H,12H2,1-4H3. The van der Waals surface area contributed by atoms with Crippen LogP contribution in [0.5, 0.6) is 11.5 Å². The lowest BCUT2D eigenvalue weighted by Crippen LogP contribution is -2.08. The fourth-order valence-electron chi connectivity index (χ4n) is 2.47.